The first-order valence-corrected chi connectivity index (χ1v) is 7.71. The molecule has 0 aromatic heterocycles. The molecule has 0 radical (unpaired) electrons. The summed E-state index contributed by atoms with van der Waals surface area (Å²) in [5.41, 5.74) is -0.270. The van der Waals surface area contributed by atoms with Crippen LogP contribution in [0.5, 0.6) is 0 Å². The van der Waals surface area contributed by atoms with Gasteiger partial charge in [-0.1, -0.05) is 12.8 Å². The molecule has 21 heavy (non-hydrogen) atoms. The van der Waals surface area contributed by atoms with Crippen molar-refractivity contribution in [2.24, 2.45) is 10.4 Å². The lowest BCUT2D eigenvalue weighted by Crippen LogP contribution is -2.49. The second-order valence-corrected chi connectivity index (χ2v) is 5.89. The molecule has 0 aliphatic heterocycles. The zero-order valence-corrected chi connectivity index (χ0v) is 13.9. The number of nitrogens with one attached hydrogen (secondary N) is 2. The van der Waals surface area contributed by atoms with Crippen LogP contribution in [0.2, 0.25) is 0 Å². The SMILES string of the molecule is CN=C(NCCCOC)NCC1(C(=O)N(C)C)CCCC1. The second-order valence-electron chi connectivity index (χ2n) is 5.89. The maximum Gasteiger partial charge on any atom is 0.230 e. The number of carbonyl (C=O) groups excluding carboxylic acids is 1. The van der Waals surface area contributed by atoms with Crippen molar-refractivity contribution < 1.29 is 9.53 Å². The first-order chi connectivity index (χ1) is 10.1. The minimum absolute atomic E-state index is 0.224. The van der Waals surface area contributed by atoms with Crippen molar-refractivity contribution in [3.05, 3.63) is 0 Å². The summed E-state index contributed by atoms with van der Waals surface area (Å²) >= 11 is 0. The first-order valence-electron chi connectivity index (χ1n) is 7.71. The lowest BCUT2D eigenvalue weighted by molar-refractivity contribution is -0.138. The molecule has 0 aromatic carbocycles. The van der Waals surface area contributed by atoms with E-state index in [2.05, 4.69) is 15.6 Å². The second kappa shape index (κ2) is 8.87. The molecule has 0 bridgehead atoms. The van der Waals surface area contributed by atoms with Crippen molar-refractivity contribution in [2.45, 2.75) is 32.1 Å². The number of hydrogen-bond donors (Lipinski definition) is 2. The Bertz CT molecular complexity index is 350. The Hall–Kier alpha value is -1.30. The predicted molar refractivity (Wildman–Crippen MR) is 85.5 cm³/mol. The summed E-state index contributed by atoms with van der Waals surface area (Å²) in [6.45, 7) is 2.18. The monoisotopic (exact) mass is 298 g/mol. The van der Waals surface area contributed by atoms with Gasteiger partial charge in [-0.3, -0.25) is 9.79 Å². The maximum atomic E-state index is 12.5. The Labute approximate surface area is 128 Å². The molecule has 1 rings (SSSR count). The molecule has 6 nitrogen and oxygen atoms in total. The Morgan fingerprint density at radius 3 is 2.48 bits per heavy atom. The average molecular weight is 298 g/mol. The maximum absolute atomic E-state index is 12.5. The highest BCUT2D eigenvalue weighted by Gasteiger charge is 2.42. The van der Waals surface area contributed by atoms with Gasteiger partial charge in [0.2, 0.25) is 5.91 Å². The van der Waals surface area contributed by atoms with Crippen LogP contribution in [0.3, 0.4) is 0 Å². The Morgan fingerprint density at radius 1 is 1.29 bits per heavy atom. The summed E-state index contributed by atoms with van der Waals surface area (Å²) in [6, 6.07) is 0. The third-order valence-corrected chi connectivity index (χ3v) is 4.06. The van der Waals surface area contributed by atoms with Crippen molar-refractivity contribution in [1.29, 1.82) is 0 Å². The Balaban J connectivity index is 2.50. The van der Waals surface area contributed by atoms with Gasteiger partial charge < -0.3 is 20.3 Å². The quantitative estimate of drug-likeness (QED) is 0.415. The van der Waals surface area contributed by atoms with Crippen LogP contribution < -0.4 is 10.6 Å². The highest BCUT2D eigenvalue weighted by molar-refractivity contribution is 5.85. The van der Waals surface area contributed by atoms with Crippen LogP contribution in [0.4, 0.5) is 0 Å². The smallest absolute Gasteiger partial charge is 0.230 e. The standard InChI is InChI=1S/C15H30N4O2/c1-16-14(17-10-7-11-21-4)18-12-15(8-5-6-9-15)13(20)19(2)3/h5-12H2,1-4H3,(H2,16,17,18). The molecule has 0 aromatic rings. The lowest BCUT2D eigenvalue weighted by atomic mass is 9.84. The van der Waals surface area contributed by atoms with Gasteiger partial charge >= 0.3 is 0 Å². The van der Waals surface area contributed by atoms with Crippen molar-refractivity contribution in [1.82, 2.24) is 15.5 Å². The number of rotatable bonds is 7. The van der Waals surface area contributed by atoms with E-state index in [0.717, 1.165) is 51.2 Å². The van der Waals surface area contributed by atoms with Crippen molar-refractivity contribution >= 4 is 11.9 Å². The van der Waals surface area contributed by atoms with E-state index >= 15 is 0 Å². The van der Waals surface area contributed by atoms with Crippen molar-refractivity contribution in [3.8, 4) is 0 Å². The molecular weight excluding hydrogens is 268 g/mol. The molecule has 2 N–H and O–H groups in total. The fraction of sp³-hybridized carbons (Fsp3) is 0.867. The first kappa shape index (κ1) is 17.8. The number of carbonyl (C=O) groups is 1. The molecule has 6 heteroatoms. The molecule has 1 saturated carbocycles. The summed E-state index contributed by atoms with van der Waals surface area (Å²) in [5, 5.41) is 6.56. The highest BCUT2D eigenvalue weighted by atomic mass is 16.5. The number of amides is 1. The molecule has 1 aliphatic rings. The van der Waals surface area contributed by atoms with Crippen LogP contribution >= 0.6 is 0 Å². The van der Waals surface area contributed by atoms with E-state index < -0.39 is 0 Å². The van der Waals surface area contributed by atoms with Crippen LogP contribution in [0.15, 0.2) is 4.99 Å². The molecule has 0 unspecified atom stereocenters. The van der Waals surface area contributed by atoms with Gasteiger partial charge in [-0.05, 0) is 19.3 Å². The summed E-state index contributed by atoms with van der Waals surface area (Å²) in [6.07, 6.45) is 5.09. The molecular formula is C15H30N4O2. The minimum atomic E-state index is -0.270. The number of hydrogen-bond acceptors (Lipinski definition) is 3. The van der Waals surface area contributed by atoms with Crippen molar-refractivity contribution in [3.63, 3.8) is 0 Å². The van der Waals surface area contributed by atoms with E-state index in [-0.39, 0.29) is 11.3 Å². The van der Waals surface area contributed by atoms with E-state index in [0.29, 0.717) is 6.54 Å². The van der Waals surface area contributed by atoms with Gasteiger partial charge in [0.05, 0.1) is 5.41 Å². The normalized spacial score (nSPS) is 17.6. The fourth-order valence-corrected chi connectivity index (χ4v) is 2.89. The van der Waals surface area contributed by atoms with Crippen LogP contribution in [-0.2, 0) is 9.53 Å². The van der Waals surface area contributed by atoms with E-state index in [4.69, 9.17) is 4.74 Å². The third kappa shape index (κ3) is 5.19. The van der Waals surface area contributed by atoms with Gasteiger partial charge in [-0.15, -0.1) is 0 Å². The Morgan fingerprint density at radius 2 is 1.95 bits per heavy atom. The molecule has 1 fully saturated rings. The third-order valence-electron chi connectivity index (χ3n) is 4.06. The molecule has 122 valence electrons. The number of methoxy groups -OCH3 is 1. The average Bonchev–Trinajstić information content (AvgIpc) is 2.95. The summed E-state index contributed by atoms with van der Waals surface area (Å²) in [4.78, 5) is 18.4. The lowest BCUT2D eigenvalue weighted by Gasteiger charge is -2.31. The van der Waals surface area contributed by atoms with Crippen LogP contribution in [0.25, 0.3) is 0 Å². The minimum Gasteiger partial charge on any atom is -0.385 e. The highest BCUT2D eigenvalue weighted by Crippen LogP contribution is 2.38. The number of aliphatic imine (C=N–C) groups is 1. The van der Waals surface area contributed by atoms with Crippen molar-refractivity contribution in [2.75, 3.05) is 47.9 Å². The molecule has 0 heterocycles. The summed E-state index contributed by atoms with van der Waals surface area (Å²) in [7, 11) is 7.12. The number of nitrogens with zero attached hydrogens (tertiary/aromatic N) is 2. The van der Waals surface area contributed by atoms with Gasteiger partial charge in [0.15, 0.2) is 5.96 Å². The van der Waals surface area contributed by atoms with Gasteiger partial charge in [0.25, 0.3) is 0 Å². The van der Waals surface area contributed by atoms with E-state index in [1.54, 1.807) is 19.1 Å². The van der Waals surface area contributed by atoms with Crippen LogP contribution in [0.1, 0.15) is 32.1 Å². The molecule has 0 saturated heterocycles. The summed E-state index contributed by atoms with van der Waals surface area (Å²) in [5.74, 6) is 0.978. The molecule has 0 atom stereocenters. The predicted octanol–water partition coefficient (Wildman–Crippen LogP) is 0.837. The van der Waals surface area contributed by atoms with Gasteiger partial charge in [0, 0.05) is 47.9 Å². The number of ether oxygens (including phenoxy) is 1. The van der Waals surface area contributed by atoms with E-state index in [1.807, 2.05) is 14.1 Å². The topological polar surface area (TPSA) is 66.0 Å². The summed E-state index contributed by atoms with van der Waals surface area (Å²) < 4.78 is 5.02. The van der Waals surface area contributed by atoms with Gasteiger partial charge in [0.1, 0.15) is 0 Å². The zero-order chi connectivity index (χ0) is 15.7. The van der Waals surface area contributed by atoms with E-state index in [1.165, 1.54) is 0 Å². The van der Waals surface area contributed by atoms with Crippen LogP contribution in [0, 0.1) is 5.41 Å². The number of guanidine groups is 1. The molecule has 0 spiro atoms. The molecule has 1 amide bonds. The van der Waals surface area contributed by atoms with Gasteiger partial charge in [-0.25, -0.2) is 0 Å². The molecule has 1 aliphatic carbocycles. The van der Waals surface area contributed by atoms with Crippen LogP contribution in [-0.4, -0.2) is 64.7 Å². The largest absolute Gasteiger partial charge is 0.385 e. The van der Waals surface area contributed by atoms with E-state index in [9.17, 15) is 4.79 Å². The fourth-order valence-electron chi connectivity index (χ4n) is 2.89. The van der Waals surface area contributed by atoms with Gasteiger partial charge in [-0.2, -0.15) is 0 Å². The zero-order valence-electron chi connectivity index (χ0n) is 13.9. The Kier molecular flexibility index (Phi) is 7.50.